The SMILES string of the molecule is Cc1cccc(C)c1NC(=S)NC(=O)c1cccc(OCCOc2ccccc2)c1. The van der Waals surface area contributed by atoms with E-state index >= 15 is 0 Å². The van der Waals surface area contributed by atoms with E-state index in [1.54, 1.807) is 24.3 Å². The van der Waals surface area contributed by atoms with Gasteiger partial charge < -0.3 is 14.8 Å². The summed E-state index contributed by atoms with van der Waals surface area (Å²) in [5.41, 5.74) is 3.47. The van der Waals surface area contributed by atoms with Crippen molar-refractivity contribution in [1.29, 1.82) is 0 Å². The van der Waals surface area contributed by atoms with Crippen LogP contribution in [-0.2, 0) is 0 Å². The van der Waals surface area contributed by atoms with Crippen LogP contribution in [0, 0.1) is 13.8 Å². The van der Waals surface area contributed by atoms with Crippen LogP contribution in [0.3, 0.4) is 0 Å². The van der Waals surface area contributed by atoms with Crippen LogP contribution in [-0.4, -0.2) is 24.2 Å². The maximum absolute atomic E-state index is 12.6. The number of amides is 1. The molecule has 0 aliphatic rings. The van der Waals surface area contributed by atoms with Gasteiger partial charge in [-0.3, -0.25) is 10.1 Å². The van der Waals surface area contributed by atoms with E-state index in [9.17, 15) is 4.79 Å². The Morgan fingerprint density at radius 3 is 2.13 bits per heavy atom. The second-order valence-corrected chi connectivity index (χ2v) is 7.12. The predicted octanol–water partition coefficient (Wildman–Crippen LogP) is 4.89. The number of rotatable bonds is 7. The maximum atomic E-state index is 12.6. The van der Waals surface area contributed by atoms with Crippen LogP contribution < -0.4 is 20.1 Å². The molecule has 2 N–H and O–H groups in total. The molecule has 0 aromatic heterocycles. The molecule has 0 heterocycles. The molecule has 0 saturated carbocycles. The average Bonchev–Trinajstić information content (AvgIpc) is 2.75. The molecule has 0 aliphatic carbocycles. The van der Waals surface area contributed by atoms with Crippen LogP contribution in [0.1, 0.15) is 21.5 Å². The Morgan fingerprint density at radius 1 is 0.833 bits per heavy atom. The molecule has 154 valence electrons. The largest absolute Gasteiger partial charge is 0.490 e. The van der Waals surface area contributed by atoms with Crippen molar-refractivity contribution in [2.45, 2.75) is 13.8 Å². The van der Waals surface area contributed by atoms with E-state index in [2.05, 4.69) is 10.6 Å². The fourth-order valence-corrected chi connectivity index (χ4v) is 3.09. The zero-order valence-corrected chi connectivity index (χ0v) is 17.8. The molecule has 0 radical (unpaired) electrons. The summed E-state index contributed by atoms with van der Waals surface area (Å²) in [5, 5.41) is 6.07. The molecule has 3 rings (SSSR count). The van der Waals surface area contributed by atoms with Crippen molar-refractivity contribution in [3.63, 3.8) is 0 Å². The summed E-state index contributed by atoms with van der Waals surface area (Å²) in [7, 11) is 0. The Morgan fingerprint density at radius 2 is 1.43 bits per heavy atom. The first kappa shape index (κ1) is 21.3. The lowest BCUT2D eigenvalue weighted by Crippen LogP contribution is -2.34. The number of carbonyl (C=O) groups is 1. The Labute approximate surface area is 182 Å². The van der Waals surface area contributed by atoms with Crippen LogP contribution in [0.2, 0.25) is 0 Å². The smallest absolute Gasteiger partial charge is 0.257 e. The third kappa shape index (κ3) is 6.06. The van der Waals surface area contributed by atoms with E-state index in [-0.39, 0.29) is 11.0 Å². The van der Waals surface area contributed by atoms with E-state index in [1.165, 1.54) is 0 Å². The van der Waals surface area contributed by atoms with Crippen molar-refractivity contribution < 1.29 is 14.3 Å². The van der Waals surface area contributed by atoms with Gasteiger partial charge in [0, 0.05) is 11.3 Å². The summed E-state index contributed by atoms with van der Waals surface area (Å²) < 4.78 is 11.3. The number of thiocarbonyl (C=S) groups is 1. The minimum absolute atomic E-state index is 0.250. The monoisotopic (exact) mass is 420 g/mol. The van der Waals surface area contributed by atoms with Gasteiger partial charge in [0.15, 0.2) is 5.11 Å². The number of nitrogens with one attached hydrogen (secondary N) is 2. The van der Waals surface area contributed by atoms with Gasteiger partial charge in [0.1, 0.15) is 24.7 Å². The predicted molar refractivity (Wildman–Crippen MR) is 123 cm³/mol. The number of hydrogen-bond donors (Lipinski definition) is 2. The maximum Gasteiger partial charge on any atom is 0.257 e. The standard InChI is InChI=1S/C24H24N2O3S/c1-17-8-6-9-18(2)22(17)25-24(30)26-23(27)19-10-7-13-21(16-19)29-15-14-28-20-11-4-3-5-12-20/h3-13,16H,14-15H2,1-2H3,(H2,25,26,27,30). The molecule has 30 heavy (non-hydrogen) atoms. The highest BCUT2D eigenvalue weighted by atomic mass is 32.1. The third-order valence-corrected chi connectivity index (χ3v) is 4.61. The first-order valence-electron chi connectivity index (χ1n) is 9.62. The molecule has 3 aromatic rings. The highest BCUT2D eigenvalue weighted by Crippen LogP contribution is 2.19. The molecule has 0 aliphatic heterocycles. The van der Waals surface area contributed by atoms with Crippen molar-refractivity contribution in [3.05, 3.63) is 89.5 Å². The lowest BCUT2D eigenvalue weighted by molar-refractivity contribution is 0.0977. The van der Waals surface area contributed by atoms with Crippen molar-refractivity contribution in [1.82, 2.24) is 5.32 Å². The van der Waals surface area contributed by atoms with Crippen molar-refractivity contribution in [2.75, 3.05) is 18.5 Å². The Kier molecular flexibility index (Phi) is 7.40. The van der Waals surface area contributed by atoms with Gasteiger partial charge in [-0.1, -0.05) is 42.5 Å². The van der Waals surface area contributed by atoms with Crippen LogP contribution in [0.15, 0.2) is 72.8 Å². The molecule has 0 bridgehead atoms. The Balaban J connectivity index is 1.52. The number of ether oxygens (including phenoxy) is 2. The number of benzene rings is 3. The van der Waals surface area contributed by atoms with Gasteiger partial charge in [-0.05, 0) is 67.5 Å². The molecular formula is C24H24N2O3S. The van der Waals surface area contributed by atoms with Gasteiger partial charge in [0.25, 0.3) is 5.91 Å². The lowest BCUT2D eigenvalue weighted by Gasteiger charge is -2.14. The topological polar surface area (TPSA) is 59.6 Å². The summed E-state index contributed by atoms with van der Waals surface area (Å²) >= 11 is 5.31. The van der Waals surface area contributed by atoms with Gasteiger partial charge >= 0.3 is 0 Å². The fourth-order valence-electron chi connectivity index (χ4n) is 2.89. The van der Waals surface area contributed by atoms with Crippen molar-refractivity contribution >= 4 is 28.9 Å². The number of anilines is 1. The molecular weight excluding hydrogens is 396 g/mol. The number of carbonyl (C=O) groups excluding carboxylic acids is 1. The molecule has 0 unspecified atom stereocenters. The minimum Gasteiger partial charge on any atom is -0.490 e. The second-order valence-electron chi connectivity index (χ2n) is 6.71. The van der Waals surface area contributed by atoms with E-state index in [0.717, 1.165) is 22.6 Å². The molecule has 3 aromatic carbocycles. The van der Waals surface area contributed by atoms with Gasteiger partial charge in [-0.2, -0.15) is 0 Å². The first-order chi connectivity index (χ1) is 14.5. The van der Waals surface area contributed by atoms with Crippen molar-refractivity contribution in [2.24, 2.45) is 0 Å². The third-order valence-electron chi connectivity index (χ3n) is 4.41. The van der Waals surface area contributed by atoms with Gasteiger partial charge in [-0.25, -0.2) is 0 Å². The zero-order chi connectivity index (χ0) is 21.3. The van der Waals surface area contributed by atoms with E-state index in [1.807, 2.05) is 62.4 Å². The fraction of sp³-hybridized carbons (Fsp3) is 0.167. The molecule has 1 amide bonds. The molecule has 0 atom stereocenters. The second kappa shape index (κ2) is 10.4. The first-order valence-corrected chi connectivity index (χ1v) is 10.0. The van der Waals surface area contributed by atoms with Gasteiger partial charge in [0.2, 0.25) is 0 Å². The molecule has 6 heteroatoms. The molecule has 0 fully saturated rings. The van der Waals surface area contributed by atoms with Crippen LogP contribution in [0.25, 0.3) is 0 Å². The minimum atomic E-state index is -0.301. The number of hydrogen-bond acceptors (Lipinski definition) is 4. The Bertz CT molecular complexity index is 1000. The van der Waals surface area contributed by atoms with Crippen LogP contribution in [0.5, 0.6) is 11.5 Å². The Hall–Kier alpha value is -3.38. The molecule has 5 nitrogen and oxygen atoms in total. The summed E-state index contributed by atoms with van der Waals surface area (Å²) in [6, 6.07) is 22.5. The summed E-state index contributed by atoms with van der Waals surface area (Å²) in [6.45, 7) is 4.75. The quantitative estimate of drug-likeness (QED) is 0.421. The summed E-state index contributed by atoms with van der Waals surface area (Å²) in [6.07, 6.45) is 0. The van der Waals surface area contributed by atoms with E-state index < -0.39 is 0 Å². The number of aryl methyl sites for hydroxylation is 2. The summed E-state index contributed by atoms with van der Waals surface area (Å²) in [4.78, 5) is 12.6. The lowest BCUT2D eigenvalue weighted by atomic mass is 10.1. The van der Waals surface area contributed by atoms with E-state index in [4.69, 9.17) is 21.7 Å². The highest BCUT2D eigenvalue weighted by molar-refractivity contribution is 7.80. The number of para-hydroxylation sites is 2. The summed E-state index contributed by atoms with van der Waals surface area (Å²) in [5.74, 6) is 1.08. The highest BCUT2D eigenvalue weighted by Gasteiger charge is 2.11. The zero-order valence-electron chi connectivity index (χ0n) is 17.0. The van der Waals surface area contributed by atoms with E-state index in [0.29, 0.717) is 24.5 Å². The van der Waals surface area contributed by atoms with Crippen LogP contribution >= 0.6 is 12.2 Å². The molecule has 0 saturated heterocycles. The average molecular weight is 421 g/mol. The van der Waals surface area contributed by atoms with Gasteiger partial charge in [-0.15, -0.1) is 0 Å². The van der Waals surface area contributed by atoms with Crippen LogP contribution in [0.4, 0.5) is 5.69 Å². The normalized spacial score (nSPS) is 10.2. The van der Waals surface area contributed by atoms with Crippen molar-refractivity contribution in [3.8, 4) is 11.5 Å². The van der Waals surface area contributed by atoms with Gasteiger partial charge in [0.05, 0.1) is 0 Å². The molecule has 0 spiro atoms.